The minimum atomic E-state index is -0.446. The average Bonchev–Trinajstić information content (AvgIpc) is 2.32. The van der Waals surface area contributed by atoms with Gasteiger partial charge in [-0.1, -0.05) is 30.3 Å². The van der Waals surface area contributed by atoms with E-state index in [0.29, 0.717) is 13.0 Å². The first-order valence-electron chi connectivity index (χ1n) is 5.39. The summed E-state index contributed by atoms with van der Waals surface area (Å²) >= 11 is 0. The van der Waals surface area contributed by atoms with Crippen molar-refractivity contribution in [3.8, 4) is 0 Å². The summed E-state index contributed by atoms with van der Waals surface area (Å²) in [6.45, 7) is 0.608. The van der Waals surface area contributed by atoms with Gasteiger partial charge in [0.25, 0.3) is 0 Å². The zero-order valence-corrected chi connectivity index (χ0v) is 9.81. The Morgan fingerprint density at radius 3 is 2.50 bits per heavy atom. The lowest BCUT2D eigenvalue weighted by molar-refractivity contribution is -0.129. The zero-order chi connectivity index (χ0) is 11.8. The van der Waals surface area contributed by atoms with E-state index in [2.05, 4.69) is 0 Å². The monoisotopic (exact) mass is 222 g/mol. The van der Waals surface area contributed by atoms with Crippen molar-refractivity contribution in [2.75, 3.05) is 20.8 Å². The molecule has 0 saturated heterocycles. The molecule has 1 atom stereocenters. The van der Waals surface area contributed by atoms with Crippen LogP contribution in [0.2, 0.25) is 0 Å². The predicted molar refractivity (Wildman–Crippen MR) is 62.3 cm³/mol. The standard InChI is InChI=1S/C13H18O3/c1-15-10-6-9-12(14)13(16-2)11-7-4-3-5-8-11/h3-5,7-8,13H,6,9-10H2,1-2H3. The molecule has 0 aromatic heterocycles. The van der Waals surface area contributed by atoms with Crippen LogP contribution in [0.3, 0.4) is 0 Å². The van der Waals surface area contributed by atoms with Crippen molar-refractivity contribution >= 4 is 5.78 Å². The smallest absolute Gasteiger partial charge is 0.166 e. The summed E-state index contributed by atoms with van der Waals surface area (Å²) < 4.78 is 10.2. The first-order chi connectivity index (χ1) is 7.79. The van der Waals surface area contributed by atoms with E-state index < -0.39 is 6.10 Å². The minimum Gasteiger partial charge on any atom is -0.385 e. The number of hydrogen-bond donors (Lipinski definition) is 0. The van der Waals surface area contributed by atoms with E-state index in [0.717, 1.165) is 12.0 Å². The second-order valence-electron chi connectivity index (χ2n) is 3.59. The van der Waals surface area contributed by atoms with Gasteiger partial charge in [0.15, 0.2) is 5.78 Å². The molecule has 88 valence electrons. The van der Waals surface area contributed by atoms with Crippen LogP contribution in [0.1, 0.15) is 24.5 Å². The Balaban J connectivity index is 2.57. The Hall–Kier alpha value is -1.19. The molecule has 0 saturated carbocycles. The SMILES string of the molecule is COCCCC(=O)C(OC)c1ccccc1. The van der Waals surface area contributed by atoms with Gasteiger partial charge in [0.2, 0.25) is 0 Å². The van der Waals surface area contributed by atoms with Gasteiger partial charge in [-0.2, -0.15) is 0 Å². The second kappa shape index (κ2) is 7.14. The maximum absolute atomic E-state index is 11.9. The highest BCUT2D eigenvalue weighted by molar-refractivity contribution is 5.84. The van der Waals surface area contributed by atoms with Crippen LogP contribution < -0.4 is 0 Å². The lowest BCUT2D eigenvalue weighted by Crippen LogP contribution is -2.14. The molecule has 3 nitrogen and oxygen atoms in total. The molecule has 0 spiro atoms. The fraction of sp³-hybridized carbons (Fsp3) is 0.462. The fourth-order valence-electron chi connectivity index (χ4n) is 1.60. The third kappa shape index (κ3) is 3.76. The van der Waals surface area contributed by atoms with Crippen LogP contribution in [-0.4, -0.2) is 26.6 Å². The normalized spacial score (nSPS) is 12.4. The second-order valence-corrected chi connectivity index (χ2v) is 3.59. The molecule has 0 aliphatic heterocycles. The van der Waals surface area contributed by atoms with Crippen molar-refractivity contribution in [1.29, 1.82) is 0 Å². The topological polar surface area (TPSA) is 35.5 Å². The van der Waals surface area contributed by atoms with Gasteiger partial charge in [-0.25, -0.2) is 0 Å². The zero-order valence-electron chi connectivity index (χ0n) is 9.81. The van der Waals surface area contributed by atoms with E-state index in [1.54, 1.807) is 14.2 Å². The summed E-state index contributed by atoms with van der Waals surface area (Å²) in [5.41, 5.74) is 0.910. The Morgan fingerprint density at radius 1 is 1.25 bits per heavy atom. The van der Waals surface area contributed by atoms with Crippen LogP contribution in [0.15, 0.2) is 30.3 Å². The largest absolute Gasteiger partial charge is 0.385 e. The molecule has 0 fully saturated rings. The van der Waals surface area contributed by atoms with Crippen molar-refractivity contribution in [3.05, 3.63) is 35.9 Å². The number of ether oxygens (including phenoxy) is 2. The third-order valence-corrected chi connectivity index (χ3v) is 2.40. The number of methoxy groups -OCH3 is 2. The van der Waals surface area contributed by atoms with Gasteiger partial charge in [-0.3, -0.25) is 4.79 Å². The average molecular weight is 222 g/mol. The van der Waals surface area contributed by atoms with Crippen molar-refractivity contribution in [2.45, 2.75) is 18.9 Å². The molecular weight excluding hydrogens is 204 g/mol. The number of hydrogen-bond acceptors (Lipinski definition) is 3. The molecule has 0 radical (unpaired) electrons. The van der Waals surface area contributed by atoms with E-state index >= 15 is 0 Å². The summed E-state index contributed by atoms with van der Waals surface area (Å²) in [6.07, 6.45) is 0.779. The van der Waals surface area contributed by atoms with Gasteiger partial charge < -0.3 is 9.47 Å². The molecule has 0 N–H and O–H groups in total. The quantitative estimate of drug-likeness (QED) is 0.664. The summed E-state index contributed by atoms with van der Waals surface area (Å²) in [5, 5.41) is 0. The van der Waals surface area contributed by atoms with Crippen LogP contribution in [0.25, 0.3) is 0 Å². The molecule has 1 unspecified atom stereocenters. The number of ketones is 1. The van der Waals surface area contributed by atoms with Gasteiger partial charge in [-0.15, -0.1) is 0 Å². The molecule has 0 heterocycles. The highest BCUT2D eigenvalue weighted by Gasteiger charge is 2.18. The van der Waals surface area contributed by atoms with Crippen LogP contribution in [-0.2, 0) is 14.3 Å². The van der Waals surface area contributed by atoms with Crippen molar-refractivity contribution in [3.63, 3.8) is 0 Å². The van der Waals surface area contributed by atoms with Crippen molar-refractivity contribution < 1.29 is 14.3 Å². The summed E-state index contributed by atoms with van der Waals surface area (Å²) in [4.78, 5) is 11.9. The minimum absolute atomic E-state index is 0.103. The Morgan fingerprint density at radius 2 is 1.94 bits per heavy atom. The molecule has 1 aromatic carbocycles. The van der Waals surface area contributed by atoms with Crippen LogP contribution >= 0.6 is 0 Å². The lowest BCUT2D eigenvalue weighted by Gasteiger charge is -2.14. The van der Waals surface area contributed by atoms with E-state index in [1.807, 2.05) is 30.3 Å². The number of Topliss-reactive ketones (excluding diaryl/α,β-unsaturated/α-hetero) is 1. The van der Waals surface area contributed by atoms with Crippen LogP contribution in [0.5, 0.6) is 0 Å². The van der Waals surface area contributed by atoms with E-state index in [4.69, 9.17) is 9.47 Å². The van der Waals surface area contributed by atoms with Crippen LogP contribution in [0, 0.1) is 0 Å². The lowest BCUT2D eigenvalue weighted by atomic mass is 10.0. The first kappa shape index (κ1) is 12.9. The van der Waals surface area contributed by atoms with E-state index in [9.17, 15) is 4.79 Å². The maximum atomic E-state index is 11.9. The fourth-order valence-corrected chi connectivity index (χ4v) is 1.60. The molecule has 0 amide bonds. The molecule has 1 aromatic rings. The van der Waals surface area contributed by atoms with Gasteiger partial charge in [-0.05, 0) is 12.0 Å². The Kier molecular flexibility index (Phi) is 5.75. The predicted octanol–water partition coefficient (Wildman–Crippen LogP) is 2.37. The highest BCUT2D eigenvalue weighted by atomic mass is 16.5. The first-order valence-corrected chi connectivity index (χ1v) is 5.39. The number of carbonyl (C=O) groups excluding carboxylic acids is 1. The van der Waals surface area contributed by atoms with Gasteiger partial charge in [0.05, 0.1) is 0 Å². The molecule has 3 heteroatoms. The number of carbonyl (C=O) groups is 1. The van der Waals surface area contributed by atoms with Crippen molar-refractivity contribution in [1.82, 2.24) is 0 Å². The molecule has 0 bridgehead atoms. The van der Waals surface area contributed by atoms with Crippen molar-refractivity contribution in [2.24, 2.45) is 0 Å². The third-order valence-electron chi connectivity index (χ3n) is 2.40. The number of benzene rings is 1. The maximum Gasteiger partial charge on any atom is 0.166 e. The summed E-state index contributed by atoms with van der Waals surface area (Å²) in [6, 6.07) is 9.55. The van der Waals surface area contributed by atoms with Gasteiger partial charge in [0, 0.05) is 27.2 Å². The Bertz CT molecular complexity index is 308. The molecule has 0 aliphatic carbocycles. The highest BCUT2D eigenvalue weighted by Crippen LogP contribution is 2.19. The van der Waals surface area contributed by atoms with E-state index in [-0.39, 0.29) is 5.78 Å². The molecule has 16 heavy (non-hydrogen) atoms. The molecule has 0 aliphatic rings. The van der Waals surface area contributed by atoms with Gasteiger partial charge >= 0.3 is 0 Å². The molecule has 1 rings (SSSR count). The van der Waals surface area contributed by atoms with Crippen LogP contribution in [0.4, 0.5) is 0 Å². The molecular formula is C13H18O3. The summed E-state index contributed by atoms with van der Waals surface area (Å²) in [7, 11) is 3.20. The Labute approximate surface area is 96.4 Å². The van der Waals surface area contributed by atoms with E-state index in [1.165, 1.54) is 0 Å². The van der Waals surface area contributed by atoms with Gasteiger partial charge in [0.1, 0.15) is 6.10 Å². The summed E-state index contributed by atoms with van der Waals surface area (Å²) in [5.74, 6) is 0.103. The number of rotatable bonds is 7.